The van der Waals surface area contributed by atoms with E-state index in [2.05, 4.69) is 58.2 Å². The van der Waals surface area contributed by atoms with Gasteiger partial charge in [-0.15, -0.1) is 0 Å². The molecule has 1 saturated heterocycles. The fourth-order valence-electron chi connectivity index (χ4n) is 4.16. The number of likely N-dealkylation sites (N-methyl/N-ethyl adjacent to an activating group) is 1. The molecule has 1 aromatic carbocycles. The summed E-state index contributed by atoms with van der Waals surface area (Å²) in [6.45, 7) is 5.79. The Hall–Kier alpha value is -2.89. The molecule has 1 aromatic heterocycles. The molecule has 2 aromatic rings. The molecule has 32 heavy (non-hydrogen) atoms. The summed E-state index contributed by atoms with van der Waals surface area (Å²) in [6, 6.07) is 8.20. The van der Waals surface area contributed by atoms with Gasteiger partial charge >= 0.3 is 0 Å². The van der Waals surface area contributed by atoms with E-state index in [1.54, 1.807) is 0 Å². The number of carbonyl (C=O) groups is 1. The first-order chi connectivity index (χ1) is 15.4. The van der Waals surface area contributed by atoms with Crippen LogP contribution in [0.5, 0.6) is 0 Å². The van der Waals surface area contributed by atoms with Crippen LogP contribution in [0, 0.1) is 17.2 Å². The van der Waals surface area contributed by atoms with Crippen LogP contribution in [0.2, 0.25) is 0 Å². The van der Waals surface area contributed by atoms with E-state index in [-0.39, 0.29) is 23.0 Å². The van der Waals surface area contributed by atoms with Gasteiger partial charge in [-0.2, -0.15) is 5.26 Å². The lowest BCUT2D eigenvalue weighted by Crippen LogP contribution is -2.34. The fourth-order valence-corrected chi connectivity index (χ4v) is 4.16. The van der Waals surface area contributed by atoms with Crippen LogP contribution in [0.25, 0.3) is 0 Å². The predicted octanol–water partition coefficient (Wildman–Crippen LogP) is 3.34. The van der Waals surface area contributed by atoms with Crippen molar-refractivity contribution in [2.75, 3.05) is 50.6 Å². The van der Waals surface area contributed by atoms with Crippen LogP contribution >= 0.6 is 0 Å². The molecule has 2 heterocycles. The Kier molecular flexibility index (Phi) is 6.49. The van der Waals surface area contributed by atoms with E-state index in [4.69, 9.17) is 10.00 Å². The molecule has 4 rings (SSSR count). The van der Waals surface area contributed by atoms with E-state index < -0.39 is 0 Å². The zero-order chi connectivity index (χ0) is 22.7. The van der Waals surface area contributed by atoms with Gasteiger partial charge in [-0.1, -0.05) is 13.0 Å². The second-order valence-corrected chi connectivity index (χ2v) is 9.26. The Morgan fingerprint density at radius 2 is 2.12 bits per heavy atom. The second kappa shape index (κ2) is 9.31. The van der Waals surface area contributed by atoms with Crippen molar-refractivity contribution >= 4 is 17.3 Å². The molecule has 0 unspecified atom stereocenters. The molecule has 0 atom stereocenters. The Labute approximate surface area is 189 Å². The summed E-state index contributed by atoms with van der Waals surface area (Å²) in [4.78, 5) is 24.0. The van der Waals surface area contributed by atoms with E-state index >= 15 is 0 Å². The molecule has 8 heteroatoms. The highest BCUT2D eigenvalue weighted by Crippen LogP contribution is 2.50. The number of nitriles is 1. The highest BCUT2D eigenvalue weighted by molar-refractivity contribution is 6.03. The lowest BCUT2D eigenvalue weighted by Gasteiger charge is -2.34. The zero-order valence-corrected chi connectivity index (χ0v) is 19.1. The smallest absolute Gasteiger partial charge is 0.291 e. The average Bonchev–Trinajstić information content (AvgIpc) is 3.40. The van der Waals surface area contributed by atoms with Crippen LogP contribution in [0.4, 0.5) is 11.4 Å². The van der Waals surface area contributed by atoms with Crippen LogP contribution in [0.3, 0.4) is 0 Å². The molecule has 1 saturated carbocycles. The molecule has 170 valence electrons. The number of aromatic nitrogens is 2. The third-order valence-electron chi connectivity index (χ3n) is 6.43. The maximum atomic E-state index is 12.8. The second-order valence-electron chi connectivity index (χ2n) is 9.26. The van der Waals surface area contributed by atoms with Crippen molar-refractivity contribution in [3.8, 4) is 6.07 Å². The van der Waals surface area contributed by atoms with Gasteiger partial charge in [0.15, 0.2) is 5.82 Å². The number of anilines is 2. The maximum Gasteiger partial charge on any atom is 0.291 e. The largest absolute Gasteiger partial charge is 0.370 e. The van der Waals surface area contributed by atoms with E-state index in [0.717, 1.165) is 56.7 Å². The molecule has 2 fully saturated rings. The van der Waals surface area contributed by atoms with Crippen LogP contribution < -0.4 is 10.2 Å². The van der Waals surface area contributed by atoms with Crippen molar-refractivity contribution in [2.45, 2.75) is 38.2 Å². The van der Waals surface area contributed by atoms with Gasteiger partial charge in [-0.3, -0.25) is 4.79 Å². The molecule has 0 radical (unpaired) electrons. The lowest BCUT2D eigenvalue weighted by molar-refractivity contribution is 0.0223. The van der Waals surface area contributed by atoms with Crippen molar-refractivity contribution in [1.82, 2.24) is 14.9 Å². The highest BCUT2D eigenvalue weighted by Gasteiger charge is 2.46. The molecular formula is C24H32N6O2. The van der Waals surface area contributed by atoms with Crippen molar-refractivity contribution in [3.63, 3.8) is 0 Å². The molecule has 0 spiro atoms. The maximum absolute atomic E-state index is 12.8. The lowest BCUT2D eigenvalue weighted by atomic mass is 9.97. The Bertz CT molecular complexity index is 996. The number of nitrogens with one attached hydrogen (secondary N) is 2. The summed E-state index contributed by atoms with van der Waals surface area (Å²) >= 11 is 0. The van der Waals surface area contributed by atoms with Crippen molar-refractivity contribution in [2.24, 2.45) is 5.92 Å². The number of ether oxygens (including phenoxy) is 1. The first kappa shape index (κ1) is 22.3. The number of carbonyl (C=O) groups excluding carboxylic acids is 1. The van der Waals surface area contributed by atoms with E-state index in [0.29, 0.717) is 12.5 Å². The zero-order valence-electron chi connectivity index (χ0n) is 19.1. The fraction of sp³-hybridized carbons (Fsp3) is 0.542. The van der Waals surface area contributed by atoms with Crippen LogP contribution in [0.15, 0.2) is 24.4 Å². The van der Waals surface area contributed by atoms with E-state index in [1.807, 2.05) is 12.1 Å². The third-order valence-corrected chi connectivity index (χ3v) is 6.43. The van der Waals surface area contributed by atoms with Crippen molar-refractivity contribution in [1.29, 1.82) is 5.26 Å². The number of rotatable bonds is 8. The van der Waals surface area contributed by atoms with E-state index in [9.17, 15) is 4.79 Å². The molecule has 1 aliphatic carbocycles. The summed E-state index contributed by atoms with van der Waals surface area (Å²) in [5.41, 5.74) is 3.01. The minimum Gasteiger partial charge on any atom is -0.370 e. The van der Waals surface area contributed by atoms with Crippen LogP contribution in [-0.2, 0) is 10.3 Å². The molecule has 1 amide bonds. The summed E-state index contributed by atoms with van der Waals surface area (Å²) in [7, 11) is 4.10. The molecule has 1 aliphatic heterocycles. The number of H-pyrrole nitrogens is 1. The van der Waals surface area contributed by atoms with Crippen LogP contribution in [-0.4, -0.2) is 61.1 Å². The Balaban J connectivity index is 1.58. The van der Waals surface area contributed by atoms with Gasteiger partial charge in [0.2, 0.25) is 0 Å². The molecule has 8 nitrogen and oxygen atoms in total. The van der Waals surface area contributed by atoms with Crippen molar-refractivity contribution < 1.29 is 9.53 Å². The number of piperidine rings is 1. The Morgan fingerprint density at radius 3 is 2.75 bits per heavy atom. The van der Waals surface area contributed by atoms with E-state index in [1.165, 1.54) is 11.8 Å². The summed E-state index contributed by atoms with van der Waals surface area (Å²) in [6.07, 6.45) is 5.67. The molecule has 2 N–H and O–H groups in total. The van der Waals surface area contributed by atoms with Gasteiger partial charge in [0.1, 0.15) is 11.8 Å². The first-order valence-corrected chi connectivity index (χ1v) is 11.3. The summed E-state index contributed by atoms with van der Waals surface area (Å²) < 4.78 is 6.31. The van der Waals surface area contributed by atoms with Crippen LogP contribution in [0.1, 0.15) is 54.5 Å². The predicted molar refractivity (Wildman–Crippen MR) is 124 cm³/mol. The standard InChI is InChI=1S/C24H32N6O2/c1-17-6-10-30(11-7-17)21-14-18(24(8-9-24)32-13-12-29(2)3)4-5-20(21)28-23(31)22-26-16-19(15-25)27-22/h4-5,14,16-17H,6-13H2,1-3H3,(H,26,27)(H,28,31). The number of aromatic amines is 1. The monoisotopic (exact) mass is 436 g/mol. The number of imidazole rings is 1. The van der Waals surface area contributed by atoms with Gasteiger partial charge in [0.25, 0.3) is 5.91 Å². The minimum atomic E-state index is -0.353. The number of nitrogens with zero attached hydrogens (tertiary/aromatic N) is 4. The SMILES string of the molecule is CC1CCN(c2cc(C3(OCCN(C)C)CC3)ccc2NC(=O)c2ncc(C#N)[nH]2)CC1. The molecule has 0 bridgehead atoms. The number of benzene rings is 1. The first-order valence-electron chi connectivity index (χ1n) is 11.3. The summed E-state index contributed by atoms with van der Waals surface area (Å²) in [5.74, 6) is 0.493. The van der Waals surface area contributed by atoms with Gasteiger partial charge in [-0.05, 0) is 63.4 Å². The minimum absolute atomic E-state index is 0.134. The average molecular weight is 437 g/mol. The van der Waals surface area contributed by atoms with Crippen molar-refractivity contribution in [3.05, 3.63) is 41.5 Å². The molecule has 2 aliphatic rings. The van der Waals surface area contributed by atoms with Gasteiger partial charge in [0, 0.05) is 19.6 Å². The number of hydrogen-bond donors (Lipinski definition) is 2. The Morgan fingerprint density at radius 1 is 1.38 bits per heavy atom. The van der Waals surface area contributed by atoms with Gasteiger partial charge < -0.3 is 24.8 Å². The third kappa shape index (κ3) is 4.95. The topological polar surface area (TPSA) is 97.3 Å². The highest BCUT2D eigenvalue weighted by atomic mass is 16.5. The van der Waals surface area contributed by atoms with Gasteiger partial charge in [-0.25, -0.2) is 4.98 Å². The normalized spacial score (nSPS) is 17.9. The number of hydrogen-bond acceptors (Lipinski definition) is 6. The molecular weight excluding hydrogens is 404 g/mol. The quantitative estimate of drug-likeness (QED) is 0.659. The summed E-state index contributed by atoms with van der Waals surface area (Å²) in [5, 5.41) is 12.0. The van der Waals surface area contributed by atoms with Gasteiger partial charge in [0.05, 0.1) is 29.8 Å². The number of amides is 1.